The zero-order valence-electron chi connectivity index (χ0n) is 10.1. The number of hydrogen-bond donors (Lipinski definition) is 3. The molecule has 1 heterocycles. The lowest BCUT2D eigenvalue weighted by Crippen LogP contribution is -2.23. The third kappa shape index (κ3) is 2.75. The Morgan fingerprint density at radius 3 is 2.89 bits per heavy atom. The molecule has 3 N–H and O–H groups in total. The van der Waals surface area contributed by atoms with E-state index in [0.29, 0.717) is 12.1 Å². The fourth-order valence-electron chi connectivity index (χ4n) is 1.70. The topological polar surface area (TPSA) is 78.0 Å². The second kappa shape index (κ2) is 5.46. The molecule has 0 aliphatic carbocycles. The first kappa shape index (κ1) is 12.3. The SMILES string of the molecule is Cc1[nH]ncc1C(=O)NCc1cccc(CO)c1. The van der Waals surface area contributed by atoms with Crippen molar-refractivity contribution in [2.45, 2.75) is 20.1 Å². The highest BCUT2D eigenvalue weighted by Crippen LogP contribution is 2.06. The molecule has 2 aromatic rings. The zero-order chi connectivity index (χ0) is 13.0. The normalized spacial score (nSPS) is 10.3. The van der Waals surface area contributed by atoms with E-state index >= 15 is 0 Å². The Morgan fingerprint density at radius 2 is 2.22 bits per heavy atom. The van der Waals surface area contributed by atoms with Gasteiger partial charge in [-0.3, -0.25) is 9.89 Å². The Hall–Kier alpha value is -2.14. The highest BCUT2D eigenvalue weighted by molar-refractivity contribution is 5.94. The van der Waals surface area contributed by atoms with Crippen molar-refractivity contribution in [2.24, 2.45) is 0 Å². The summed E-state index contributed by atoms with van der Waals surface area (Å²) in [6, 6.07) is 7.46. The second-order valence-corrected chi connectivity index (χ2v) is 4.07. The van der Waals surface area contributed by atoms with Gasteiger partial charge in [0, 0.05) is 12.2 Å². The van der Waals surface area contributed by atoms with Gasteiger partial charge in [0.1, 0.15) is 0 Å². The Kier molecular flexibility index (Phi) is 3.74. The number of nitrogens with one attached hydrogen (secondary N) is 2. The van der Waals surface area contributed by atoms with Crippen molar-refractivity contribution in [3.05, 3.63) is 52.8 Å². The smallest absolute Gasteiger partial charge is 0.255 e. The maximum atomic E-state index is 11.8. The molecule has 2 rings (SSSR count). The third-order valence-electron chi connectivity index (χ3n) is 2.70. The summed E-state index contributed by atoms with van der Waals surface area (Å²) in [5, 5.41) is 18.4. The molecule has 0 spiro atoms. The van der Waals surface area contributed by atoms with Gasteiger partial charge >= 0.3 is 0 Å². The number of aryl methyl sites for hydroxylation is 1. The first-order chi connectivity index (χ1) is 8.70. The molecule has 0 radical (unpaired) electrons. The molecule has 94 valence electrons. The molecular weight excluding hydrogens is 230 g/mol. The number of aliphatic hydroxyl groups excluding tert-OH is 1. The van der Waals surface area contributed by atoms with Gasteiger partial charge in [-0.1, -0.05) is 24.3 Å². The fraction of sp³-hybridized carbons (Fsp3) is 0.231. The highest BCUT2D eigenvalue weighted by Gasteiger charge is 2.09. The summed E-state index contributed by atoms with van der Waals surface area (Å²) < 4.78 is 0. The molecule has 1 amide bonds. The maximum Gasteiger partial charge on any atom is 0.255 e. The monoisotopic (exact) mass is 245 g/mol. The van der Waals surface area contributed by atoms with Crippen LogP contribution in [0.4, 0.5) is 0 Å². The number of aliphatic hydroxyl groups is 1. The highest BCUT2D eigenvalue weighted by atomic mass is 16.3. The minimum absolute atomic E-state index is 0.00260. The number of carbonyl (C=O) groups is 1. The second-order valence-electron chi connectivity index (χ2n) is 4.07. The van der Waals surface area contributed by atoms with Crippen molar-refractivity contribution in [3.63, 3.8) is 0 Å². The van der Waals surface area contributed by atoms with Gasteiger partial charge in [0.2, 0.25) is 0 Å². The molecule has 18 heavy (non-hydrogen) atoms. The Labute approximate surface area is 105 Å². The Morgan fingerprint density at radius 1 is 1.44 bits per heavy atom. The Bertz CT molecular complexity index is 549. The predicted molar refractivity (Wildman–Crippen MR) is 66.9 cm³/mol. The van der Waals surface area contributed by atoms with Crippen LogP contribution in [0.2, 0.25) is 0 Å². The van der Waals surface area contributed by atoms with Crippen LogP contribution < -0.4 is 5.32 Å². The molecule has 0 fully saturated rings. The molecular formula is C13H15N3O2. The van der Waals surface area contributed by atoms with E-state index in [2.05, 4.69) is 15.5 Å². The summed E-state index contributed by atoms with van der Waals surface area (Å²) in [6.07, 6.45) is 1.51. The summed E-state index contributed by atoms with van der Waals surface area (Å²) in [5.41, 5.74) is 3.09. The molecule has 0 aliphatic heterocycles. The van der Waals surface area contributed by atoms with Crippen LogP contribution in [0.1, 0.15) is 27.2 Å². The predicted octanol–water partition coefficient (Wildman–Crippen LogP) is 1.14. The summed E-state index contributed by atoms with van der Waals surface area (Å²) in [7, 11) is 0. The first-order valence-corrected chi connectivity index (χ1v) is 5.67. The number of benzene rings is 1. The van der Waals surface area contributed by atoms with Gasteiger partial charge in [0.25, 0.3) is 5.91 Å². The van der Waals surface area contributed by atoms with Gasteiger partial charge in [0.05, 0.1) is 18.4 Å². The van der Waals surface area contributed by atoms with Gasteiger partial charge < -0.3 is 10.4 Å². The molecule has 0 bridgehead atoms. The van der Waals surface area contributed by atoms with E-state index in [0.717, 1.165) is 16.8 Å². The average molecular weight is 245 g/mol. The number of amides is 1. The lowest BCUT2D eigenvalue weighted by atomic mass is 10.1. The van der Waals surface area contributed by atoms with E-state index in [1.165, 1.54) is 6.20 Å². The quantitative estimate of drug-likeness (QED) is 0.756. The van der Waals surface area contributed by atoms with Crippen molar-refractivity contribution in [2.75, 3.05) is 0 Å². The molecule has 0 saturated heterocycles. The standard InChI is InChI=1S/C13H15N3O2/c1-9-12(7-15-16-9)13(18)14-6-10-3-2-4-11(5-10)8-17/h2-5,7,17H,6,8H2,1H3,(H,14,18)(H,15,16). The van der Waals surface area contributed by atoms with Gasteiger partial charge in [-0.05, 0) is 18.1 Å². The van der Waals surface area contributed by atoms with Crippen molar-refractivity contribution in [1.29, 1.82) is 0 Å². The van der Waals surface area contributed by atoms with Crippen LogP contribution in [0.3, 0.4) is 0 Å². The number of aromatic nitrogens is 2. The minimum Gasteiger partial charge on any atom is -0.392 e. The van der Waals surface area contributed by atoms with Gasteiger partial charge in [-0.2, -0.15) is 5.10 Å². The van der Waals surface area contributed by atoms with Gasteiger partial charge in [-0.25, -0.2) is 0 Å². The van der Waals surface area contributed by atoms with Crippen LogP contribution in [0, 0.1) is 6.92 Å². The Balaban J connectivity index is 1.99. The summed E-state index contributed by atoms with van der Waals surface area (Å²) in [4.78, 5) is 11.8. The fourth-order valence-corrected chi connectivity index (χ4v) is 1.70. The lowest BCUT2D eigenvalue weighted by Gasteiger charge is -2.06. The van der Waals surface area contributed by atoms with Crippen LogP contribution in [-0.4, -0.2) is 21.2 Å². The van der Waals surface area contributed by atoms with E-state index in [1.807, 2.05) is 24.3 Å². The number of nitrogens with zero attached hydrogens (tertiary/aromatic N) is 1. The molecule has 0 atom stereocenters. The third-order valence-corrected chi connectivity index (χ3v) is 2.70. The summed E-state index contributed by atoms with van der Waals surface area (Å²) in [5.74, 6) is -0.157. The van der Waals surface area contributed by atoms with E-state index < -0.39 is 0 Å². The number of carbonyl (C=O) groups excluding carboxylic acids is 1. The number of hydrogen-bond acceptors (Lipinski definition) is 3. The van der Waals surface area contributed by atoms with Crippen molar-refractivity contribution in [1.82, 2.24) is 15.5 Å². The van der Waals surface area contributed by atoms with Gasteiger partial charge in [-0.15, -0.1) is 0 Å². The molecule has 0 aliphatic rings. The van der Waals surface area contributed by atoms with E-state index in [4.69, 9.17) is 5.11 Å². The number of H-pyrrole nitrogens is 1. The summed E-state index contributed by atoms with van der Waals surface area (Å²) in [6.45, 7) is 2.23. The largest absolute Gasteiger partial charge is 0.392 e. The van der Waals surface area contributed by atoms with Crippen molar-refractivity contribution < 1.29 is 9.90 Å². The molecule has 5 heteroatoms. The maximum absolute atomic E-state index is 11.8. The van der Waals surface area contributed by atoms with E-state index in [1.54, 1.807) is 6.92 Å². The average Bonchev–Trinajstić information content (AvgIpc) is 2.82. The van der Waals surface area contributed by atoms with E-state index in [-0.39, 0.29) is 12.5 Å². The van der Waals surface area contributed by atoms with Crippen LogP contribution in [-0.2, 0) is 13.2 Å². The molecule has 1 aromatic heterocycles. The van der Waals surface area contributed by atoms with Crippen LogP contribution in [0.15, 0.2) is 30.5 Å². The molecule has 0 saturated carbocycles. The number of aromatic amines is 1. The van der Waals surface area contributed by atoms with Crippen molar-refractivity contribution >= 4 is 5.91 Å². The van der Waals surface area contributed by atoms with Gasteiger partial charge in [0.15, 0.2) is 0 Å². The first-order valence-electron chi connectivity index (χ1n) is 5.67. The summed E-state index contributed by atoms with van der Waals surface area (Å²) >= 11 is 0. The van der Waals surface area contributed by atoms with E-state index in [9.17, 15) is 4.79 Å². The minimum atomic E-state index is -0.157. The van der Waals surface area contributed by atoms with Crippen LogP contribution in [0.25, 0.3) is 0 Å². The molecule has 5 nitrogen and oxygen atoms in total. The van der Waals surface area contributed by atoms with Crippen molar-refractivity contribution in [3.8, 4) is 0 Å². The number of rotatable bonds is 4. The molecule has 1 aromatic carbocycles. The van der Waals surface area contributed by atoms with Crippen LogP contribution in [0.5, 0.6) is 0 Å². The molecule has 0 unspecified atom stereocenters. The van der Waals surface area contributed by atoms with Crippen LogP contribution >= 0.6 is 0 Å². The lowest BCUT2D eigenvalue weighted by molar-refractivity contribution is 0.0950. The zero-order valence-corrected chi connectivity index (χ0v) is 10.1.